The lowest BCUT2D eigenvalue weighted by Gasteiger charge is -2.31. The summed E-state index contributed by atoms with van der Waals surface area (Å²) in [6.07, 6.45) is 8.07. The lowest BCUT2D eigenvalue weighted by molar-refractivity contribution is -0.125. The number of aliphatic hydroxyl groups excluding tert-OH is 2. The van der Waals surface area contributed by atoms with E-state index in [1.54, 1.807) is 39.4 Å². The fraction of sp³-hybridized carbons (Fsp3) is 0.286. The molecule has 1 aliphatic heterocycles. The lowest BCUT2D eigenvalue weighted by Crippen LogP contribution is -2.39. The third-order valence-electron chi connectivity index (χ3n) is 4.48. The Hall–Kier alpha value is -3.03. The van der Waals surface area contributed by atoms with Crippen molar-refractivity contribution in [2.24, 2.45) is 5.73 Å². The summed E-state index contributed by atoms with van der Waals surface area (Å²) in [6.45, 7) is 1.48. The second-order valence-corrected chi connectivity index (χ2v) is 6.13. The van der Waals surface area contributed by atoms with Crippen molar-refractivity contribution in [3.63, 3.8) is 0 Å². The molecule has 0 bridgehead atoms. The molecule has 0 radical (unpaired) electrons. The van der Waals surface area contributed by atoms with Crippen LogP contribution < -0.4 is 15.2 Å². The van der Waals surface area contributed by atoms with Gasteiger partial charge in [0.25, 0.3) is 5.91 Å². The number of hydrogen-bond donors (Lipinski definition) is 3. The van der Waals surface area contributed by atoms with Crippen LogP contribution in [-0.4, -0.2) is 54.4 Å². The number of amides is 1. The van der Waals surface area contributed by atoms with Gasteiger partial charge in [-0.3, -0.25) is 4.79 Å². The minimum Gasteiger partial charge on any atom is -0.510 e. The molecule has 0 spiro atoms. The number of aliphatic hydroxyl groups is 2. The first kappa shape index (κ1) is 21.3. The number of allylic oxidation sites excluding steroid dienone is 2. The third-order valence-corrected chi connectivity index (χ3v) is 4.48. The van der Waals surface area contributed by atoms with Crippen molar-refractivity contribution in [2.45, 2.75) is 13.0 Å². The van der Waals surface area contributed by atoms with Crippen molar-refractivity contribution >= 4 is 12.0 Å². The zero-order valence-corrected chi connectivity index (χ0v) is 16.3. The number of methoxy groups -OCH3 is 2. The summed E-state index contributed by atoms with van der Waals surface area (Å²) < 4.78 is 10.5. The Balaban J connectivity index is 2.11. The maximum absolute atomic E-state index is 12.5. The molecular weight excluding hydrogens is 360 g/mol. The van der Waals surface area contributed by atoms with E-state index < -0.39 is 6.04 Å². The minimum absolute atomic E-state index is 0.00308. The van der Waals surface area contributed by atoms with Gasteiger partial charge in [-0.1, -0.05) is 24.3 Å². The first-order valence-corrected chi connectivity index (χ1v) is 8.79. The quantitative estimate of drug-likeness (QED) is 0.490. The smallest absolute Gasteiger partial charge is 0.251 e. The lowest BCUT2D eigenvalue weighted by atomic mass is 9.98. The summed E-state index contributed by atoms with van der Waals surface area (Å²) in [5, 5.41) is 19.7. The van der Waals surface area contributed by atoms with E-state index >= 15 is 0 Å². The van der Waals surface area contributed by atoms with Crippen LogP contribution in [0.1, 0.15) is 12.5 Å². The monoisotopic (exact) mass is 386 g/mol. The number of nitrogens with zero attached hydrogens (tertiary/aromatic N) is 1. The molecule has 150 valence electrons. The van der Waals surface area contributed by atoms with E-state index in [2.05, 4.69) is 0 Å². The molecule has 1 aromatic carbocycles. The molecule has 1 amide bonds. The summed E-state index contributed by atoms with van der Waals surface area (Å²) in [4.78, 5) is 13.8. The average molecular weight is 386 g/mol. The molecule has 1 atom stereocenters. The number of nitrogens with two attached hydrogens (primary N) is 1. The standard InChI is InChI=1S/C21H26N2O5/c1-14-21(26)17(11-22)16(13-24)12-23(14)20(25)7-5-4-6-15-8-9-18(27-2)19(10-15)28-3/h4-10,12,14,24,26H,11,13,22H2,1-3H3/b6-4+,7-5+. The molecule has 1 heterocycles. The van der Waals surface area contributed by atoms with Crippen LogP contribution in [0.15, 0.2) is 59.5 Å². The predicted octanol–water partition coefficient (Wildman–Crippen LogP) is 2.15. The van der Waals surface area contributed by atoms with Gasteiger partial charge < -0.3 is 30.3 Å². The number of hydrogen-bond acceptors (Lipinski definition) is 6. The molecule has 0 fully saturated rings. The SMILES string of the molecule is COc1ccc(/C=C/C=C/C(=O)N2C=C(CO)C(CN)=C(O)C2C)cc1OC. The summed E-state index contributed by atoms with van der Waals surface area (Å²) >= 11 is 0. The summed E-state index contributed by atoms with van der Waals surface area (Å²) in [5.41, 5.74) is 7.41. The molecule has 7 heteroatoms. The van der Waals surface area contributed by atoms with Crippen molar-refractivity contribution in [2.75, 3.05) is 27.4 Å². The third kappa shape index (κ3) is 4.62. The largest absolute Gasteiger partial charge is 0.510 e. The van der Waals surface area contributed by atoms with Crippen LogP contribution in [0.2, 0.25) is 0 Å². The number of rotatable bonds is 7. The summed E-state index contributed by atoms with van der Waals surface area (Å²) in [7, 11) is 3.14. The molecule has 28 heavy (non-hydrogen) atoms. The van der Waals surface area contributed by atoms with Crippen LogP contribution in [0.5, 0.6) is 11.5 Å². The highest BCUT2D eigenvalue weighted by atomic mass is 16.5. The Bertz CT molecular complexity index is 839. The molecular formula is C21H26N2O5. The average Bonchev–Trinajstić information content (AvgIpc) is 2.72. The van der Waals surface area contributed by atoms with Crippen molar-refractivity contribution in [1.29, 1.82) is 0 Å². The zero-order chi connectivity index (χ0) is 20.7. The Labute approximate surface area is 164 Å². The van der Waals surface area contributed by atoms with Crippen molar-refractivity contribution in [1.82, 2.24) is 4.90 Å². The van der Waals surface area contributed by atoms with Gasteiger partial charge in [-0.05, 0) is 24.6 Å². The maximum Gasteiger partial charge on any atom is 0.251 e. The second-order valence-electron chi connectivity index (χ2n) is 6.13. The first-order chi connectivity index (χ1) is 13.5. The second kappa shape index (κ2) is 9.77. The highest BCUT2D eigenvalue weighted by molar-refractivity contribution is 5.89. The zero-order valence-electron chi connectivity index (χ0n) is 16.3. The van der Waals surface area contributed by atoms with Gasteiger partial charge in [0, 0.05) is 30.0 Å². The Morgan fingerprint density at radius 2 is 1.96 bits per heavy atom. The number of ether oxygens (including phenoxy) is 2. The highest BCUT2D eigenvalue weighted by Crippen LogP contribution is 2.28. The fourth-order valence-corrected chi connectivity index (χ4v) is 2.88. The van der Waals surface area contributed by atoms with E-state index in [0.717, 1.165) is 5.56 Å². The first-order valence-electron chi connectivity index (χ1n) is 8.79. The molecule has 1 unspecified atom stereocenters. The van der Waals surface area contributed by atoms with E-state index in [0.29, 0.717) is 22.6 Å². The van der Waals surface area contributed by atoms with Crippen LogP contribution in [0, 0.1) is 0 Å². The number of carbonyl (C=O) groups is 1. The van der Waals surface area contributed by atoms with Crippen molar-refractivity contribution in [3.8, 4) is 11.5 Å². The van der Waals surface area contributed by atoms with Crippen molar-refractivity contribution < 1.29 is 24.5 Å². The number of carbonyl (C=O) groups excluding carboxylic acids is 1. The molecule has 1 aliphatic rings. The maximum atomic E-state index is 12.5. The Morgan fingerprint density at radius 1 is 1.25 bits per heavy atom. The van der Waals surface area contributed by atoms with E-state index in [9.17, 15) is 15.0 Å². The van der Waals surface area contributed by atoms with E-state index in [1.165, 1.54) is 17.2 Å². The summed E-state index contributed by atoms with van der Waals surface area (Å²) in [5.74, 6) is 0.932. The molecule has 4 N–H and O–H groups in total. The number of benzene rings is 1. The van der Waals surface area contributed by atoms with Gasteiger partial charge in [-0.2, -0.15) is 0 Å². The van der Waals surface area contributed by atoms with Crippen LogP contribution in [0.3, 0.4) is 0 Å². The van der Waals surface area contributed by atoms with E-state index in [4.69, 9.17) is 15.2 Å². The van der Waals surface area contributed by atoms with Gasteiger partial charge in [0.1, 0.15) is 5.76 Å². The van der Waals surface area contributed by atoms with Gasteiger partial charge in [-0.25, -0.2) is 0 Å². The molecule has 0 saturated carbocycles. The molecule has 2 rings (SSSR count). The summed E-state index contributed by atoms with van der Waals surface area (Å²) in [6, 6.07) is 4.94. The van der Waals surface area contributed by atoms with E-state index in [-0.39, 0.29) is 24.8 Å². The molecule has 0 aliphatic carbocycles. The molecule has 7 nitrogen and oxygen atoms in total. The minimum atomic E-state index is -0.555. The topological polar surface area (TPSA) is 105 Å². The van der Waals surface area contributed by atoms with Gasteiger partial charge in [0.2, 0.25) is 0 Å². The van der Waals surface area contributed by atoms with E-state index in [1.807, 2.05) is 18.2 Å². The Kier molecular flexibility index (Phi) is 7.43. The van der Waals surface area contributed by atoms with Gasteiger partial charge in [-0.15, -0.1) is 0 Å². The van der Waals surface area contributed by atoms with Gasteiger partial charge in [0.05, 0.1) is 26.9 Å². The van der Waals surface area contributed by atoms with Crippen LogP contribution in [-0.2, 0) is 4.79 Å². The predicted molar refractivity (Wildman–Crippen MR) is 108 cm³/mol. The fourth-order valence-electron chi connectivity index (χ4n) is 2.88. The molecule has 1 aromatic rings. The normalized spacial score (nSPS) is 17.4. The Morgan fingerprint density at radius 3 is 2.57 bits per heavy atom. The van der Waals surface area contributed by atoms with Crippen LogP contribution >= 0.6 is 0 Å². The molecule has 0 aromatic heterocycles. The van der Waals surface area contributed by atoms with Gasteiger partial charge >= 0.3 is 0 Å². The van der Waals surface area contributed by atoms with Crippen LogP contribution in [0.4, 0.5) is 0 Å². The van der Waals surface area contributed by atoms with Crippen LogP contribution in [0.25, 0.3) is 6.08 Å². The van der Waals surface area contributed by atoms with Gasteiger partial charge in [0.15, 0.2) is 11.5 Å². The van der Waals surface area contributed by atoms with Crippen molar-refractivity contribution in [3.05, 3.63) is 65.1 Å². The molecule has 0 saturated heterocycles. The highest BCUT2D eigenvalue weighted by Gasteiger charge is 2.28.